The number of amides is 2. The Morgan fingerprint density at radius 3 is 1.52 bits per heavy atom. The van der Waals surface area contributed by atoms with E-state index in [9.17, 15) is 9.59 Å². The van der Waals surface area contributed by atoms with E-state index in [0.717, 1.165) is 11.1 Å². The average Bonchev–Trinajstić information content (AvgIpc) is 3.30. The molecular weight excluding hydrogens is 390 g/mol. The number of nitriles is 2. The number of carbonyl (C=O) groups is 2. The minimum absolute atomic E-state index is 0.120. The van der Waals surface area contributed by atoms with Gasteiger partial charge in [0.15, 0.2) is 0 Å². The maximum atomic E-state index is 12.6. The molecule has 1 aliphatic rings. The molecule has 2 aromatic rings. The van der Waals surface area contributed by atoms with Crippen molar-refractivity contribution in [2.75, 3.05) is 26.2 Å². The van der Waals surface area contributed by atoms with Gasteiger partial charge in [0.2, 0.25) is 11.8 Å². The van der Waals surface area contributed by atoms with Crippen LogP contribution in [0.4, 0.5) is 0 Å². The molecular formula is C24H25N5O2. The summed E-state index contributed by atoms with van der Waals surface area (Å²) in [7, 11) is 0. The molecule has 7 nitrogen and oxygen atoms in total. The quantitative estimate of drug-likeness (QED) is 0.600. The van der Waals surface area contributed by atoms with Gasteiger partial charge in [-0.1, -0.05) is 24.3 Å². The van der Waals surface area contributed by atoms with Crippen molar-refractivity contribution in [1.29, 1.82) is 10.5 Å². The molecule has 2 amide bonds. The Morgan fingerprint density at radius 1 is 0.774 bits per heavy atom. The largest absolute Gasteiger partial charge is 0.355 e. The van der Waals surface area contributed by atoms with Gasteiger partial charge in [-0.25, -0.2) is 0 Å². The van der Waals surface area contributed by atoms with Crippen LogP contribution >= 0.6 is 0 Å². The highest BCUT2D eigenvalue weighted by Crippen LogP contribution is 2.17. The Kier molecular flexibility index (Phi) is 7.75. The molecule has 0 aliphatic carbocycles. The second-order valence-electron chi connectivity index (χ2n) is 7.57. The van der Waals surface area contributed by atoms with Crippen molar-refractivity contribution in [3.05, 3.63) is 70.8 Å². The summed E-state index contributed by atoms with van der Waals surface area (Å²) in [5.74, 6) is -1.02. The van der Waals surface area contributed by atoms with E-state index in [0.29, 0.717) is 50.1 Å². The van der Waals surface area contributed by atoms with Crippen molar-refractivity contribution in [2.24, 2.45) is 11.8 Å². The molecule has 1 heterocycles. The number of hydrogen-bond donors (Lipinski definition) is 3. The molecule has 158 valence electrons. The third-order valence-corrected chi connectivity index (χ3v) is 5.48. The summed E-state index contributed by atoms with van der Waals surface area (Å²) in [6.45, 7) is 1.93. The van der Waals surface area contributed by atoms with Gasteiger partial charge in [0.1, 0.15) is 0 Å². The van der Waals surface area contributed by atoms with E-state index in [4.69, 9.17) is 10.5 Å². The van der Waals surface area contributed by atoms with E-state index in [1.54, 1.807) is 24.3 Å². The van der Waals surface area contributed by atoms with E-state index in [1.165, 1.54) is 0 Å². The van der Waals surface area contributed by atoms with Crippen LogP contribution in [0.25, 0.3) is 0 Å². The van der Waals surface area contributed by atoms with Gasteiger partial charge in [-0.15, -0.1) is 0 Å². The maximum Gasteiger partial charge on any atom is 0.225 e. The smallest absolute Gasteiger partial charge is 0.225 e. The molecule has 3 N–H and O–H groups in total. The fraction of sp³-hybridized carbons (Fsp3) is 0.333. The number of nitrogens with zero attached hydrogens (tertiary/aromatic N) is 2. The van der Waals surface area contributed by atoms with Gasteiger partial charge in [-0.3, -0.25) is 9.59 Å². The standard InChI is InChI=1S/C24H25N5O2/c25-13-19-5-1-17(2-6-19)9-11-28-23(30)21-15-27-16-22(21)24(31)29-12-10-18-3-7-20(14-26)8-4-18/h1-8,21-22,27H,9-12,15-16H2,(H,28,30)(H,29,31). The fourth-order valence-corrected chi connectivity index (χ4v) is 3.64. The molecule has 1 fully saturated rings. The summed E-state index contributed by atoms with van der Waals surface area (Å²) < 4.78 is 0. The fourth-order valence-electron chi connectivity index (χ4n) is 3.64. The second-order valence-corrected chi connectivity index (χ2v) is 7.57. The zero-order valence-corrected chi connectivity index (χ0v) is 17.2. The van der Waals surface area contributed by atoms with Crippen LogP contribution in [0.1, 0.15) is 22.3 Å². The van der Waals surface area contributed by atoms with Crippen LogP contribution in [0, 0.1) is 34.5 Å². The predicted octanol–water partition coefficient (Wildman–Crippen LogP) is 1.28. The summed E-state index contributed by atoms with van der Waals surface area (Å²) >= 11 is 0. The third kappa shape index (κ3) is 6.15. The van der Waals surface area contributed by atoms with Gasteiger partial charge < -0.3 is 16.0 Å². The Bertz CT molecular complexity index is 905. The van der Waals surface area contributed by atoms with Crippen molar-refractivity contribution in [2.45, 2.75) is 12.8 Å². The van der Waals surface area contributed by atoms with E-state index in [2.05, 4.69) is 28.1 Å². The molecule has 3 rings (SSSR count). The van der Waals surface area contributed by atoms with Crippen LogP contribution in [0.2, 0.25) is 0 Å². The normalized spacial score (nSPS) is 17.4. The highest BCUT2D eigenvalue weighted by molar-refractivity contribution is 5.88. The maximum absolute atomic E-state index is 12.6. The summed E-state index contributed by atoms with van der Waals surface area (Å²) in [5, 5.41) is 26.7. The Morgan fingerprint density at radius 2 is 1.16 bits per heavy atom. The van der Waals surface area contributed by atoms with Gasteiger partial charge >= 0.3 is 0 Å². The van der Waals surface area contributed by atoms with E-state index < -0.39 is 11.8 Å². The molecule has 2 atom stereocenters. The lowest BCUT2D eigenvalue weighted by Crippen LogP contribution is -2.42. The van der Waals surface area contributed by atoms with Crippen LogP contribution < -0.4 is 16.0 Å². The molecule has 1 saturated heterocycles. The lowest BCUT2D eigenvalue weighted by atomic mass is 9.94. The highest BCUT2D eigenvalue weighted by atomic mass is 16.2. The van der Waals surface area contributed by atoms with Gasteiger partial charge in [-0.2, -0.15) is 10.5 Å². The Hall–Kier alpha value is -3.68. The van der Waals surface area contributed by atoms with Gasteiger partial charge in [0.05, 0.1) is 35.1 Å². The topological polar surface area (TPSA) is 118 Å². The number of hydrogen-bond acceptors (Lipinski definition) is 5. The lowest BCUT2D eigenvalue weighted by Gasteiger charge is -2.18. The summed E-state index contributed by atoms with van der Waals surface area (Å²) in [6.07, 6.45) is 1.33. The number of benzene rings is 2. The first-order valence-electron chi connectivity index (χ1n) is 10.3. The first-order chi connectivity index (χ1) is 15.1. The van der Waals surface area contributed by atoms with Gasteiger partial charge in [-0.05, 0) is 48.2 Å². The molecule has 31 heavy (non-hydrogen) atoms. The molecule has 0 aromatic heterocycles. The van der Waals surface area contributed by atoms with Crippen molar-refractivity contribution in [3.63, 3.8) is 0 Å². The third-order valence-electron chi connectivity index (χ3n) is 5.48. The molecule has 2 unspecified atom stereocenters. The first-order valence-corrected chi connectivity index (χ1v) is 10.3. The van der Waals surface area contributed by atoms with Crippen molar-refractivity contribution in [3.8, 4) is 12.1 Å². The SMILES string of the molecule is N#Cc1ccc(CCNC(=O)C2CNCC2C(=O)NCCc2ccc(C#N)cc2)cc1. The molecule has 0 bridgehead atoms. The highest BCUT2D eigenvalue weighted by Gasteiger charge is 2.37. The molecule has 7 heteroatoms. The van der Waals surface area contributed by atoms with E-state index >= 15 is 0 Å². The second kappa shape index (κ2) is 10.9. The number of rotatable bonds is 8. The average molecular weight is 415 g/mol. The minimum Gasteiger partial charge on any atom is -0.355 e. The first kappa shape index (κ1) is 22.0. The van der Waals surface area contributed by atoms with Crippen LogP contribution in [-0.2, 0) is 22.4 Å². The Labute approximate surface area is 182 Å². The van der Waals surface area contributed by atoms with E-state index in [-0.39, 0.29) is 11.8 Å². The monoisotopic (exact) mass is 415 g/mol. The molecule has 0 radical (unpaired) electrons. The summed E-state index contributed by atoms with van der Waals surface area (Å²) in [6, 6.07) is 18.7. The van der Waals surface area contributed by atoms with Crippen molar-refractivity contribution >= 4 is 11.8 Å². The zero-order chi connectivity index (χ0) is 22.1. The Balaban J connectivity index is 1.43. The number of nitrogens with one attached hydrogen (secondary N) is 3. The summed E-state index contributed by atoms with van der Waals surface area (Å²) in [5.41, 5.74) is 3.30. The van der Waals surface area contributed by atoms with Crippen molar-refractivity contribution in [1.82, 2.24) is 16.0 Å². The van der Waals surface area contributed by atoms with Crippen LogP contribution in [0.15, 0.2) is 48.5 Å². The summed E-state index contributed by atoms with van der Waals surface area (Å²) in [4.78, 5) is 25.2. The lowest BCUT2D eigenvalue weighted by molar-refractivity contribution is -0.132. The minimum atomic E-state index is -0.393. The number of carbonyl (C=O) groups excluding carboxylic acids is 2. The molecule has 0 saturated carbocycles. The van der Waals surface area contributed by atoms with Crippen LogP contribution in [-0.4, -0.2) is 38.0 Å². The predicted molar refractivity (Wildman–Crippen MR) is 116 cm³/mol. The van der Waals surface area contributed by atoms with Gasteiger partial charge in [0.25, 0.3) is 0 Å². The van der Waals surface area contributed by atoms with Crippen LogP contribution in [0.3, 0.4) is 0 Å². The van der Waals surface area contributed by atoms with Crippen LogP contribution in [0.5, 0.6) is 0 Å². The van der Waals surface area contributed by atoms with Gasteiger partial charge in [0, 0.05) is 26.2 Å². The zero-order valence-electron chi connectivity index (χ0n) is 17.2. The molecule has 2 aromatic carbocycles. The van der Waals surface area contributed by atoms with Crippen molar-refractivity contribution < 1.29 is 9.59 Å². The molecule has 0 spiro atoms. The molecule has 1 aliphatic heterocycles. The van der Waals surface area contributed by atoms with E-state index in [1.807, 2.05) is 24.3 Å².